The Kier molecular flexibility index (Phi) is 6.21. The van der Waals surface area contributed by atoms with Crippen LogP contribution in [0.25, 0.3) is 0 Å². The molecule has 2 aromatic rings. The monoisotopic (exact) mass is 532 g/mol. The molecule has 10 heteroatoms. The Morgan fingerprint density at radius 2 is 1.88 bits per heavy atom. The zero-order valence-corrected chi connectivity index (χ0v) is 20.6. The molecular weight excluding hydrogens is 511 g/mol. The van der Waals surface area contributed by atoms with Gasteiger partial charge in [-0.3, -0.25) is 0 Å². The Morgan fingerprint density at radius 1 is 1.18 bits per heavy atom. The van der Waals surface area contributed by atoms with E-state index in [0.29, 0.717) is 23.2 Å². The molecule has 0 aromatic heterocycles. The topological polar surface area (TPSA) is 33.6 Å². The first-order valence-electron chi connectivity index (χ1n) is 11.1. The molecule has 0 saturated carbocycles. The number of ether oxygens (including phenoxy) is 1. The average Bonchev–Trinajstić information content (AvgIpc) is 3.36. The summed E-state index contributed by atoms with van der Waals surface area (Å²) in [5.41, 5.74) is 2.51. The van der Waals surface area contributed by atoms with Crippen molar-refractivity contribution in [1.82, 2.24) is 5.32 Å². The number of nitrogens with one attached hydrogen (secondary N) is 1. The fourth-order valence-corrected chi connectivity index (χ4v) is 6.35. The van der Waals surface area contributed by atoms with Crippen LogP contribution in [-0.2, 0) is 15.1 Å². The van der Waals surface area contributed by atoms with Gasteiger partial charge >= 0.3 is 6.18 Å². The maximum absolute atomic E-state index is 14.4. The summed E-state index contributed by atoms with van der Waals surface area (Å²) in [6.07, 6.45) is -2.29. The Hall–Kier alpha value is -1.32. The molecule has 1 saturated heterocycles. The highest BCUT2D eigenvalue weighted by atomic mass is 35.5. The molecule has 34 heavy (non-hydrogen) atoms. The van der Waals surface area contributed by atoms with E-state index in [-0.39, 0.29) is 17.3 Å². The Morgan fingerprint density at radius 3 is 2.47 bits per heavy atom. The summed E-state index contributed by atoms with van der Waals surface area (Å²) in [6.45, 7) is 3.56. The second-order valence-corrected chi connectivity index (χ2v) is 10.9. The van der Waals surface area contributed by atoms with Gasteiger partial charge in [-0.1, -0.05) is 55.1 Å². The molecule has 1 spiro atoms. The van der Waals surface area contributed by atoms with Crippen molar-refractivity contribution in [3.63, 3.8) is 0 Å². The van der Waals surface area contributed by atoms with Crippen molar-refractivity contribution in [2.45, 2.75) is 55.2 Å². The fourth-order valence-electron chi connectivity index (χ4n) is 4.90. The van der Waals surface area contributed by atoms with Crippen LogP contribution in [0.1, 0.15) is 61.0 Å². The van der Waals surface area contributed by atoms with Crippen LogP contribution < -0.4 is 5.32 Å². The van der Waals surface area contributed by atoms with Crippen molar-refractivity contribution >= 4 is 40.9 Å². The van der Waals surface area contributed by atoms with E-state index in [1.807, 2.05) is 18.2 Å². The lowest BCUT2D eigenvalue weighted by molar-refractivity contribution is -0.159. The number of halogens is 6. The number of fused-ring (bicyclic) bond motifs is 2. The van der Waals surface area contributed by atoms with Gasteiger partial charge < -0.3 is 10.1 Å². The van der Waals surface area contributed by atoms with Gasteiger partial charge in [-0.2, -0.15) is 13.2 Å². The van der Waals surface area contributed by atoms with Gasteiger partial charge in [0.15, 0.2) is 10.6 Å². The van der Waals surface area contributed by atoms with E-state index in [1.165, 1.54) is 0 Å². The normalized spacial score (nSPS) is 25.4. The molecule has 3 aliphatic heterocycles. The maximum atomic E-state index is 14.4. The van der Waals surface area contributed by atoms with E-state index in [4.69, 9.17) is 27.9 Å². The summed E-state index contributed by atoms with van der Waals surface area (Å²) in [7, 11) is 0. The van der Waals surface area contributed by atoms with Gasteiger partial charge in [0.1, 0.15) is 5.60 Å². The second-order valence-electron chi connectivity index (χ2n) is 9.03. The Bertz CT molecular complexity index is 1150. The third-order valence-electron chi connectivity index (χ3n) is 6.87. The average molecular weight is 533 g/mol. The van der Waals surface area contributed by atoms with Gasteiger partial charge in [0, 0.05) is 19.5 Å². The van der Waals surface area contributed by atoms with E-state index in [9.17, 15) is 17.6 Å². The summed E-state index contributed by atoms with van der Waals surface area (Å²) in [6, 6.07) is 7.70. The van der Waals surface area contributed by atoms with E-state index in [2.05, 4.69) is 16.6 Å². The lowest BCUT2D eigenvalue weighted by Gasteiger charge is -2.39. The van der Waals surface area contributed by atoms with Crippen molar-refractivity contribution in [3.05, 3.63) is 68.4 Å². The third kappa shape index (κ3) is 3.77. The summed E-state index contributed by atoms with van der Waals surface area (Å²) >= 11 is 12.1. The molecule has 2 unspecified atom stereocenters. The first-order valence-corrected chi connectivity index (χ1v) is 12.6. The summed E-state index contributed by atoms with van der Waals surface area (Å²) in [5.74, 6) is -0.940. The van der Waals surface area contributed by atoms with Crippen molar-refractivity contribution in [1.29, 1.82) is 0 Å². The van der Waals surface area contributed by atoms with Crippen LogP contribution >= 0.6 is 35.1 Å². The zero-order chi connectivity index (χ0) is 24.3. The quantitative estimate of drug-likeness (QED) is 0.246. The highest BCUT2D eigenvalue weighted by molar-refractivity contribution is 7.99. The van der Waals surface area contributed by atoms with Crippen LogP contribution in [0.3, 0.4) is 0 Å². The van der Waals surface area contributed by atoms with Crippen LogP contribution in [0.4, 0.5) is 17.6 Å². The maximum Gasteiger partial charge on any atom is 0.409 e. The standard InChI is InChI=1S/C24H22Cl2F4N2OS/c1-2-3-4-20-15-7-13(5-6-16(15)22(33-20)11-31-12-22)19-10-23(34-32-19,24(28,29)30)14-8-17(25)21(27)18(26)9-14/h5-9,20,31H,2-4,10-12H2,1H3. The number of benzene rings is 2. The first-order chi connectivity index (χ1) is 16.1. The molecule has 0 amide bonds. The minimum atomic E-state index is -4.67. The molecule has 2 aromatic carbocycles. The molecule has 1 fully saturated rings. The van der Waals surface area contributed by atoms with E-state index < -0.39 is 33.2 Å². The summed E-state index contributed by atoms with van der Waals surface area (Å²) in [5, 5.41) is 2.36. The largest absolute Gasteiger partial charge is 0.409 e. The smallest absolute Gasteiger partial charge is 0.360 e. The van der Waals surface area contributed by atoms with Crippen molar-refractivity contribution in [2.75, 3.05) is 13.1 Å². The zero-order valence-electron chi connectivity index (χ0n) is 18.2. The van der Waals surface area contributed by atoms with Crippen LogP contribution in [0.15, 0.2) is 34.7 Å². The van der Waals surface area contributed by atoms with E-state index >= 15 is 0 Å². The summed E-state index contributed by atoms with van der Waals surface area (Å²) < 4.78 is 65.5. The molecule has 3 heterocycles. The van der Waals surface area contributed by atoms with Crippen LogP contribution in [0, 0.1) is 5.82 Å². The minimum absolute atomic E-state index is 0.0891. The van der Waals surface area contributed by atoms with Gasteiger partial charge in [0.25, 0.3) is 0 Å². The number of rotatable bonds is 5. The van der Waals surface area contributed by atoms with Crippen LogP contribution in [0.5, 0.6) is 0 Å². The predicted octanol–water partition coefficient (Wildman–Crippen LogP) is 7.49. The first kappa shape index (κ1) is 24.4. The van der Waals surface area contributed by atoms with Crippen molar-refractivity contribution in [2.24, 2.45) is 4.40 Å². The lowest BCUT2D eigenvalue weighted by atomic mass is 9.84. The SMILES string of the molecule is CCCCC1OC2(CNC2)c2ccc(C3=NSC(c4cc(Cl)c(F)c(Cl)c4)(C(F)(F)F)C3)cc21. The molecule has 3 nitrogen and oxygen atoms in total. The van der Waals surface area contributed by atoms with Gasteiger partial charge in [0.2, 0.25) is 0 Å². The van der Waals surface area contributed by atoms with Crippen molar-refractivity contribution < 1.29 is 22.3 Å². The number of alkyl halides is 3. The fraction of sp³-hybridized carbons (Fsp3) is 0.458. The molecule has 0 bridgehead atoms. The lowest BCUT2D eigenvalue weighted by Crippen LogP contribution is -2.56. The Labute approximate surface area is 209 Å². The van der Waals surface area contributed by atoms with Gasteiger partial charge in [0.05, 0.1) is 21.9 Å². The molecule has 0 radical (unpaired) electrons. The molecule has 2 atom stereocenters. The number of hydrogen-bond acceptors (Lipinski definition) is 4. The molecule has 0 aliphatic carbocycles. The highest BCUT2D eigenvalue weighted by Crippen LogP contribution is 2.57. The molecule has 3 aliphatic rings. The third-order valence-corrected chi connectivity index (χ3v) is 8.65. The number of hydrogen-bond donors (Lipinski definition) is 1. The second kappa shape index (κ2) is 8.66. The minimum Gasteiger partial charge on any atom is -0.360 e. The number of unbranched alkanes of at least 4 members (excludes halogenated alkanes) is 1. The van der Waals surface area contributed by atoms with Crippen molar-refractivity contribution in [3.8, 4) is 0 Å². The van der Waals surface area contributed by atoms with Gasteiger partial charge in [-0.15, -0.1) is 0 Å². The summed E-state index contributed by atoms with van der Waals surface area (Å²) in [4.78, 5) is 0. The van der Waals surface area contributed by atoms with Crippen LogP contribution in [-0.4, -0.2) is 25.0 Å². The van der Waals surface area contributed by atoms with Gasteiger partial charge in [-0.05, 0) is 58.8 Å². The molecular formula is C24H22Cl2F4N2OS. The molecule has 1 N–H and O–H groups in total. The molecule has 182 valence electrons. The number of nitrogens with zero attached hydrogens (tertiary/aromatic N) is 1. The molecule has 5 rings (SSSR count). The Balaban J connectivity index is 1.50. The predicted molar refractivity (Wildman–Crippen MR) is 127 cm³/mol. The highest BCUT2D eigenvalue weighted by Gasteiger charge is 2.60. The van der Waals surface area contributed by atoms with E-state index in [0.717, 1.165) is 55.6 Å². The van der Waals surface area contributed by atoms with Crippen LogP contribution in [0.2, 0.25) is 10.0 Å². The van der Waals surface area contributed by atoms with Gasteiger partial charge in [-0.25, -0.2) is 8.79 Å². The van der Waals surface area contributed by atoms with E-state index in [1.54, 1.807) is 0 Å².